The quantitative estimate of drug-likeness (QED) is 0.826. The Morgan fingerprint density at radius 2 is 2.07 bits per heavy atom. The van der Waals surface area contributed by atoms with E-state index in [1.807, 2.05) is 0 Å². The van der Waals surface area contributed by atoms with Crippen molar-refractivity contribution in [1.82, 2.24) is 24.9 Å². The molecule has 0 radical (unpaired) electrons. The number of pyridine rings is 1. The first-order chi connectivity index (χ1) is 13.0. The van der Waals surface area contributed by atoms with Crippen molar-refractivity contribution in [2.75, 3.05) is 14.2 Å². The fourth-order valence-corrected chi connectivity index (χ4v) is 3.28. The first kappa shape index (κ1) is 19.1. The Morgan fingerprint density at radius 1 is 1.33 bits per heavy atom. The van der Waals surface area contributed by atoms with Gasteiger partial charge in [-0.2, -0.15) is 0 Å². The molecule has 0 aliphatic heterocycles. The van der Waals surface area contributed by atoms with Crippen LogP contribution in [0.3, 0.4) is 0 Å². The number of hydrogen-bond acceptors (Lipinski definition) is 7. The van der Waals surface area contributed by atoms with Gasteiger partial charge >= 0.3 is 6.09 Å². The molecule has 1 aliphatic carbocycles. The molecule has 0 unspecified atom stereocenters. The number of amides is 1. The lowest BCUT2D eigenvalue weighted by atomic mass is 10.2. The lowest BCUT2D eigenvalue weighted by molar-refractivity contribution is 0.0899. The monoisotopic (exact) mass is 375 g/mol. The van der Waals surface area contributed by atoms with Crippen molar-refractivity contribution in [2.45, 2.75) is 44.9 Å². The van der Waals surface area contributed by atoms with Crippen LogP contribution in [0, 0.1) is 0 Å². The predicted molar refractivity (Wildman–Crippen MR) is 96.8 cm³/mol. The van der Waals surface area contributed by atoms with Crippen LogP contribution in [0.5, 0.6) is 5.75 Å². The van der Waals surface area contributed by atoms with Crippen molar-refractivity contribution in [3.8, 4) is 17.1 Å². The van der Waals surface area contributed by atoms with Crippen LogP contribution in [-0.4, -0.2) is 56.3 Å². The summed E-state index contributed by atoms with van der Waals surface area (Å²) in [4.78, 5) is 18.4. The summed E-state index contributed by atoms with van der Waals surface area (Å²) in [6.07, 6.45) is 3.98. The summed E-state index contributed by atoms with van der Waals surface area (Å²) in [6, 6.07) is 3.43. The number of carbonyl (C=O) groups excluding carboxylic acids is 1. The number of hydrogen-bond donors (Lipinski definition) is 1. The fourth-order valence-electron chi connectivity index (χ4n) is 3.28. The van der Waals surface area contributed by atoms with Crippen molar-refractivity contribution in [1.29, 1.82) is 0 Å². The summed E-state index contributed by atoms with van der Waals surface area (Å²) in [5, 5.41) is 18.0. The number of aromatic nitrogens is 4. The number of aromatic hydroxyl groups is 1. The maximum absolute atomic E-state index is 12.4. The molecule has 0 atom stereocenters. The molecule has 9 heteroatoms. The molecule has 0 saturated heterocycles. The number of carbonyl (C=O) groups is 1. The normalized spacial score (nSPS) is 14.5. The van der Waals surface area contributed by atoms with Crippen molar-refractivity contribution in [3.63, 3.8) is 0 Å². The van der Waals surface area contributed by atoms with E-state index in [2.05, 4.69) is 15.3 Å². The van der Waals surface area contributed by atoms with Gasteiger partial charge in [0.05, 0.1) is 12.3 Å². The van der Waals surface area contributed by atoms with Crippen LogP contribution in [-0.2, 0) is 29.7 Å². The Bertz CT molecular complexity index is 801. The number of rotatable bonds is 6. The van der Waals surface area contributed by atoms with E-state index in [9.17, 15) is 9.90 Å². The van der Waals surface area contributed by atoms with Gasteiger partial charge in [-0.1, -0.05) is 18.1 Å². The summed E-state index contributed by atoms with van der Waals surface area (Å²) in [5.74, 6) is 0.0515. The molecule has 0 aromatic carbocycles. The van der Waals surface area contributed by atoms with Gasteiger partial charge in [0, 0.05) is 27.2 Å². The Kier molecular flexibility index (Phi) is 5.90. The van der Waals surface area contributed by atoms with Crippen LogP contribution < -0.4 is 0 Å². The van der Waals surface area contributed by atoms with E-state index in [1.54, 1.807) is 29.7 Å². The molecule has 0 spiro atoms. The van der Waals surface area contributed by atoms with Gasteiger partial charge < -0.3 is 19.5 Å². The van der Waals surface area contributed by atoms with E-state index in [1.165, 1.54) is 13.2 Å². The van der Waals surface area contributed by atoms with Crippen LogP contribution >= 0.6 is 0 Å². The second-order valence-corrected chi connectivity index (χ2v) is 6.71. The van der Waals surface area contributed by atoms with Gasteiger partial charge in [-0.05, 0) is 25.0 Å². The highest BCUT2D eigenvalue weighted by atomic mass is 16.6. The fraction of sp³-hybridized carbons (Fsp3) is 0.556. The van der Waals surface area contributed by atoms with Gasteiger partial charge in [0.2, 0.25) is 0 Å². The van der Waals surface area contributed by atoms with Crippen molar-refractivity contribution < 1.29 is 19.4 Å². The molecule has 2 aromatic rings. The Morgan fingerprint density at radius 3 is 2.78 bits per heavy atom. The minimum atomic E-state index is -0.354. The van der Waals surface area contributed by atoms with Crippen LogP contribution in [0.15, 0.2) is 12.1 Å². The zero-order valence-corrected chi connectivity index (χ0v) is 15.9. The molecular formula is C18H25N5O4. The number of nitrogens with zero attached hydrogens (tertiary/aromatic N) is 5. The number of aryl methyl sites for hydroxylation is 1. The van der Waals surface area contributed by atoms with E-state index >= 15 is 0 Å². The topological polar surface area (TPSA) is 103 Å². The molecule has 1 N–H and O–H groups in total. The standard InChI is InChI=1S/C18H25N5O4/c1-22(12-6-4-5-7-12)18(25)27-11-15-17(20-21-23(15)2)13-8-9-16(24)14(19-13)10-26-3/h8-9,12,24H,4-7,10-11H2,1-3H3. The molecule has 27 heavy (non-hydrogen) atoms. The van der Waals surface area contributed by atoms with Crippen LogP contribution in [0.2, 0.25) is 0 Å². The number of methoxy groups -OCH3 is 1. The average molecular weight is 375 g/mol. The number of ether oxygens (including phenoxy) is 2. The highest BCUT2D eigenvalue weighted by molar-refractivity contribution is 5.68. The first-order valence-corrected chi connectivity index (χ1v) is 8.97. The van der Waals surface area contributed by atoms with Gasteiger partial charge in [0.15, 0.2) is 0 Å². The molecule has 1 amide bonds. The summed E-state index contributed by atoms with van der Waals surface area (Å²) in [5.41, 5.74) is 2.07. The maximum atomic E-state index is 12.4. The van der Waals surface area contributed by atoms with Gasteiger partial charge in [-0.3, -0.25) is 0 Å². The van der Waals surface area contributed by atoms with Gasteiger partial charge in [-0.15, -0.1) is 5.10 Å². The van der Waals surface area contributed by atoms with Crippen LogP contribution in [0.4, 0.5) is 4.79 Å². The largest absolute Gasteiger partial charge is 0.506 e. The van der Waals surface area contributed by atoms with Crippen molar-refractivity contribution in [2.24, 2.45) is 7.05 Å². The molecule has 1 fully saturated rings. The predicted octanol–water partition coefficient (Wildman–Crippen LogP) is 2.24. The van der Waals surface area contributed by atoms with Crippen LogP contribution in [0.25, 0.3) is 11.4 Å². The maximum Gasteiger partial charge on any atom is 0.410 e. The summed E-state index contributed by atoms with van der Waals surface area (Å²) >= 11 is 0. The molecule has 2 heterocycles. The third-order valence-corrected chi connectivity index (χ3v) is 4.91. The minimum absolute atomic E-state index is 0.0386. The molecule has 1 aliphatic rings. The summed E-state index contributed by atoms with van der Waals surface area (Å²) in [6.45, 7) is 0.216. The van der Waals surface area contributed by atoms with E-state index in [4.69, 9.17) is 9.47 Å². The van der Waals surface area contributed by atoms with Crippen LogP contribution in [0.1, 0.15) is 37.1 Å². The van der Waals surface area contributed by atoms with Crippen molar-refractivity contribution >= 4 is 6.09 Å². The van der Waals surface area contributed by atoms with E-state index in [-0.39, 0.29) is 31.1 Å². The molecule has 9 nitrogen and oxygen atoms in total. The second kappa shape index (κ2) is 8.34. The minimum Gasteiger partial charge on any atom is -0.506 e. The van der Waals surface area contributed by atoms with Crippen molar-refractivity contribution in [3.05, 3.63) is 23.5 Å². The average Bonchev–Trinajstić information content (AvgIpc) is 3.31. The van der Waals surface area contributed by atoms with E-state index in [0.717, 1.165) is 25.7 Å². The SMILES string of the molecule is COCc1nc(-c2nnn(C)c2COC(=O)N(C)C2CCCC2)ccc1O. The zero-order chi connectivity index (χ0) is 19.4. The molecule has 0 bridgehead atoms. The smallest absolute Gasteiger partial charge is 0.410 e. The molecular weight excluding hydrogens is 350 g/mol. The van der Waals surface area contributed by atoms with E-state index in [0.29, 0.717) is 22.8 Å². The lowest BCUT2D eigenvalue weighted by Crippen LogP contribution is -2.35. The molecule has 3 rings (SSSR count). The first-order valence-electron chi connectivity index (χ1n) is 8.97. The summed E-state index contributed by atoms with van der Waals surface area (Å²) in [7, 11) is 5.04. The second-order valence-electron chi connectivity index (χ2n) is 6.71. The highest BCUT2D eigenvalue weighted by Crippen LogP contribution is 2.25. The molecule has 2 aromatic heterocycles. The molecule has 146 valence electrons. The third-order valence-electron chi connectivity index (χ3n) is 4.91. The Hall–Kier alpha value is -2.68. The lowest BCUT2D eigenvalue weighted by Gasteiger charge is -2.23. The Labute approximate surface area is 157 Å². The van der Waals surface area contributed by atoms with E-state index < -0.39 is 0 Å². The van der Waals surface area contributed by atoms with Gasteiger partial charge in [0.25, 0.3) is 0 Å². The zero-order valence-electron chi connectivity index (χ0n) is 15.9. The molecule has 1 saturated carbocycles. The van der Waals surface area contributed by atoms with Gasteiger partial charge in [-0.25, -0.2) is 14.5 Å². The highest BCUT2D eigenvalue weighted by Gasteiger charge is 2.25. The van der Waals surface area contributed by atoms with Gasteiger partial charge in [0.1, 0.15) is 29.4 Å². The third kappa shape index (κ3) is 4.19. The summed E-state index contributed by atoms with van der Waals surface area (Å²) < 4.78 is 12.1. The Balaban J connectivity index is 1.75.